The van der Waals surface area contributed by atoms with Crippen LogP contribution < -0.4 is 4.74 Å². The highest BCUT2D eigenvalue weighted by atomic mass is 16.5. The van der Waals surface area contributed by atoms with Gasteiger partial charge in [-0.15, -0.1) is 0 Å². The van der Waals surface area contributed by atoms with Gasteiger partial charge in [0.05, 0.1) is 32.0 Å². The maximum atomic E-state index is 12.6. The molecule has 1 N–H and O–H groups in total. The van der Waals surface area contributed by atoms with Crippen molar-refractivity contribution in [3.8, 4) is 5.75 Å². The number of esters is 1. The second-order valence-electron chi connectivity index (χ2n) is 6.06. The standard InChI is InChI=1S/C19H24N2O4/c1-12-17(19(23)25-5)13(2)20-18(12)16(22)11-21(3)10-14-7-6-8-15(9-14)24-4/h6-9,20H,10-11H2,1-5H3. The van der Waals surface area contributed by atoms with E-state index in [-0.39, 0.29) is 12.3 Å². The molecule has 1 aromatic heterocycles. The largest absolute Gasteiger partial charge is 0.497 e. The zero-order valence-corrected chi connectivity index (χ0v) is 15.3. The van der Waals surface area contributed by atoms with Gasteiger partial charge in [-0.1, -0.05) is 12.1 Å². The number of methoxy groups -OCH3 is 2. The summed E-state index contributed by atoms with van der Waals surface area (Å²) < 4.78 is 10.00. The van der Waals surface area contributed by atoms with Crippen molar-refractivity contribution in [2.24, 2.45) is 0 Å². The average Bonchev–Trinajstić information content (AvgIpc) is 2.88. The van der Waals surface area contributed by atoms with Gasteiger partial charge in [0.2, 0.25) is 0 Å². The summed E-state index contributed by atoms with van der Waals surface area (Å²) in [4.78, 5) is 29.4. The van der Waals surface area contributed by atoms with E-state index >= 15 is 0 Å². The molecule has 6 nitrogen and oxygen atoms in total. The number of hydrogen-bond acceptors (Lipinski definition) is 5. The van der Waals surface area contributed by atoms with E-state index in [9.17, 15) is 9.59 Å². The van der Waals surface area contributed by atoms with Crippen LogP contribution in [0.2, 0.25) is 0 Å². The minimum atomic E-state index is -0.435. The number of likely N-dealkylation sites (N-methyl/N-ethyl adjacent to an activating group) is 1. The highest BCUT2D eigenvalue weighted by Gasteiger charge is 2.23. The number of nitrogens with one attached hydrogen (secondary N) is 1. The number of aromatic nitrogens is 1. The van der Waals surface area contributed by atoms with E-state index in [4.69, 9.17) is 9.47 Å². The van der Waals surface area contributed by atoms with Crippen LogP contribution in [0, 0.1) is 13.8 Å². The zero-order valence-electron chi connectivity index (χ0n) is 15.3. The SMILES string of the molecule is COC(=O)c1c(C)[nH]c(C(=O)CN(C)Cc2cccc(OC)c2)c1C. The number of carbonyl (C=O) groups is 2. The summed E-state index contributed by atoms with van der Waals surface area (Å²) >= 11 is 0. The Labute approximate surface area is 147 Å². The summed E-state index contributed by atoms with van der Waals surface area (Å²) in [5, 5.41) is 0. The predicted octanol–water partition coefficient (Wildman–Crippen LogP) is 2.74. The van der Waals surface area contributed by atoms with Crippen molar-refractivity contribution in [2.75, 3.05) is 27.8 Å². The molecule has 1 aromatic carbocycles. The van der Waals surface area contributed by atoms with Crippen LogP contribution in [0.25, 0.3) is 0 Å². The van der Waals surface area contributed by atoms with Gasteiger partial charge in [0.1, 0.15) is 5.75 Å². The van der Waals surface area contributed by atoms with E-state index in [1.54, 1.807) is 21.0 Å². The second-order valence-corrected chi connectivity index (χ2v) is 6.06. The summed E-state index contributed by atoms with van der Waals surface area (Å²) in [5.74, 6) is 0.284. The molecule has 0 aliphatic carbocycles. The minimum Gasteiger partial charge on any atom is -0.497 e. The number of nitrogens with zero attached hydrogens (tertiary/aromatic N) is 1. The molecule has 0 aliphatic heterocycles. The predicted molar refractivity (Wildman–Crippen MR) is 95.3 cm³/mol. The molecule has 0 saturated heterocycles. The van der Waals surface area contributed by atoms with Gasteiger partial charge in [0.15, 0.2) is 5.78 Å². The number of benzene rings is 1. The van der Waals surface area contributed by atoms with Crippen LogP contribution in [0.5, 0.6) is 5.75 Å². The third kappa shape index (κ3) is 4.28. The number of H-pyrrole nitrogens is 1. The number of rotatable bonds is 7. The molecule has 0 saturated carbocycles. The molecule has 0 fully saturated rings. The lowest BCUT2D eigenvalue weighted by molar-refractivity contribution is 0.0599. The summed E-state index contributed by atoms with van der Waals surface area (Å²) in [5.41, 5.74) is 3.22. The van der Waals surface area contributed by atoms with E-state index in [1.165, 1.54) is 7.11 Å². The number of carbonyl (C=O) groups excluding carboxylic acids is 2. The van der Waals surface area contributed by atoms with Crippen molar-refractivity contribution in [3.05, 3.63) is 52.3 Å². The Morgan fingerprint density at radius 3 is 2.56 bits per heavy atom. The molecule has 134 valence electrons. The molecule has 25 heavy (non-hydrogen) atoms. The first-order chi connectivity index (χ1) is 11.9. The first-order valence-electron chi connectivity index (χ1n) is 7.99. The van der Waals surface area contributed by atoms with Crippen LogP contribution in [0.1, 0.15) is 37.7 Å². The Bertz CT molecular complexity index is 780. The van der Waals surface area contributed by atoms with Crippen molar-refractivity contribution in [2.45, 2.75) is 20.4 Å². The fourth-order valence-corrected chi connectivity index (χ4v) is 2.90. The Morgan fingerprint density at radius 1 is 1.20 bits per heavy atom. The normalized spacial score (nSPS) is 10.8. The number of ketones is 1. The Balaban J connectivity index is 2.10. The van der Waals surface area contributed by atoms with Gasteiger partial charge < -0.3 is 14.5 Å². The van der Waals surface area contributed by atoms with Gasteiger partial charge in [-0.25, -0.2) is 4.79 Å². The van der Waals surface area contributed by atoms with Crippen LogP contribution >= 0.6 is 0 Å². The lowest BCUT2D eigenvalue weighted by Gasteiger charge is -2.16. The first kappa shape index (κ1) is 18.7. The van der Waals surface area contributed by atoms with Crippen LogP contribution in [-0.4, -0.2) is 49.4 Å². The van der Waals surface area contributed by atoms with E-state index in [0.29, 0.717) is 29.1 Å². The van der Waals surface area contributed by atoms with E-state index in [0.717, 1.165) is 11.3 Å². The van der Waals surface area contributed by atoms with Gasteiger partial charge in [-0.2, -0.15) is 0 Å². The number of aromatic amines is 1. The molecule has 0 spiro atoms. The molecule has 2 rings (SSSR count). The Kier molecular flexibility index (Phi) is 5.98. The summed E-state index contributed by atoms with van der Waals surface area (Å²) in [6, 6.07) is 7.74. The molecule has 0 radical (unpaired) electrons. The van der Waals surface area contributed by atoms with Gasteiger partial charge >= 0.3 is 5.97 Å². The highest BCUT2D eigenvalue weighted by molar-refractivity contribution is 6.02. The molecule has 6 heteroatoms. The smallest absolute Gasteiger partial charge is 0.339 e. The number of Topliss-reactive ketones (excluding diaryl/α,β-unsaturated/α-hetero) is 1. The van der Waals surface area contributed by atoms with Gasteiger partial charge in [0.25, 0.3) is 0 Å². The molecule has 0 aliphatic rings. The minimum absolute atomic E-state index is 0.0684. The van der Waals surface area contributed by atoms with Crippen LogP contribution in [0.4, 0.5) is 0 Å². The third-order valence-electron chi connectivity index (χ3n) is 4.11. The van der Waals surface area contributed by atoms with Crippen molar-refractivity contribution < 1.29 is 19.1 Å². The van der Waals surface area contributed by atoms with E-state index in [1.807, 2.05) is 36.2 Å². The number of aryl methyl sites for hydroxylation is 1. The second kappa shape index (κ2) is 7.98. The van der Waals surface area contributed by atoms with Crippen molar-refractivity contribution in [1.29, 1.82) is 0 Å². The van der Waals surface area contributed by atoms with Gasteiger partial charge in [-0.3, -0.25) is 9.69 Å². The maximum Gasteiger partial charge on any atom is 0.339 e. The summed E-state index contributed by atoms with van der Waals surface area (Å²) in [6.07, 6.45) is 0. The summed E-state index contributed by atoms with van der Waals surface area (Å²) in [7, 11) is 4.84. The highest BCUT2D eigenvalue weighted by Crippen LogP contribution is 2.20. The quantitative estimate of drug-likeness (QED) is 0.618. The lowest BCUT2D eigenvalue weighted by Crippen LogP contribution is -2.26. The van der Waals surface area contributed by atoms with Crippen molar-refractivity contribution in [1.82, 2.24) is 9.88 Å². The third-order valence-corrected chi connectivity index (χ3v) is 4.11. The molecular formula is C19H24N2O4. The molecule has 0 amide bonds. The fourth-order valence-electron chi connectivity index (χ4n) is 2.90. The average molecular weight is 344 g/mol. The van der Waals surface area contributed by atoms with E-state index < -0.39 is 5.97 Å². The fraction of sp³-hybridized carbons (Fsp3) is 0.368. The number of hydrogen-bond donors (Lipinski definition) is 1. The van der Waals surface area contributed by atoms with E-state index in [2.05, 4.69) is 4.98 Å². The lowest BCUT2D eigenvalue weighted by atomic mass is 10.1. The van der Waals surface area contributed by atoms with Crippen LogP contribution in [0.15, 0.2) is 24.3 Å². The summed E-state index contributed by atoms with van der Waals surface area (Å²) in [6.45, 7) is 4.37. The van der Waals surface area contributed by atoms with Crippen LogP contribution in [0.3, 0.4) is 0 Å². The molecule has 0 unspecified atom stereocenters. The molecule has 1 heterocycles. The molecular weight excluding hydrogens is 320 g/mol. The van der Waals surface area contributed by atoms with Gasteiger partial charge in [0, 0.05) is 12.2 Å². The molecule has 0 bridgehead atoms. The first-order valence-corrected chi connectivity index (χ1v) is 7.99. The van der Waals surface area contributed by atoms with Crippen molar-refractivity contribution >= 4 is 11.8 Å². The van der Waals surface area contributed by atoms with Crippen LogP contribution in [-0.2, 0) is 11.3 Å². The monoisotopic (exact) mass is 344 g/mol. The Hall–Kier alpha value is -2.60. The Morgan fingerprint density at radius 2 is 1.92 bits per heavy atom. The van der Waals surface area contributed by atoms with Crippen molar-refractivity contribution in [3.63, 3.8) is 0 Å². The van der Waals surface area contributed by atoms with Gasteiger partial charge in [-0.05, 0) is 44.2 Å². The number of ether oxygens (including phenoxy) is 2. The maximum absolute atomic E-state index is 12.6. The molecule has 2 aromatic rings. The zero-order chi connectivity index (χ0) is 18.6. The molecule has 0 atom stereocenters. The topological polar surface area (TPSA) is 71.6 Å².